The molecule has 31 heavy (non-hydrogen) atoms. The van der Waals surface area contributed by atoms with Gasteiger partial charge in [0.05, 0.1) is 17.2 Å². The number of thioether (sulfide) groups is 1. The fraction of sp³-hybridized carbons (Fsp3) is 0.273. The summed E-state index contributed by atoms with van der Waals surface area (Å²) in [4.78, 5) is 24.4. The highest BCUT2D eigenvalue weighted by Crippen LogP contribution is 2.25. The molecule has 0 spiro atoms. The van der Waals surface area contributed by atoms with E-state index in [0.717, 1.165) is 40.2 Å². The van der Waals surface area contributed by atoms with E-state index < -0.39 is 0 Å². The van der Waals surface area contributed by atoms with Gasteiger partial charge in [-0.1, -0.05) is 12.1 Å². The van der Waals surface area contributed by atoms with Gasteiger partial charge < -0.3 is 15.2 Å². The van der Waals surface area contributed by atoms with Crippen LogP contribution in [0.15, 0.2) is 54.9 Å². The molecular weight excluding hydrogens is 412 g/mol. The van der Waals surface area contributed by atoms with E-state index in [0.29, 0.717) is 0 Å². The molecule has 0 bridgehead atoms. The number of hydrogen-bond donors (Lipinski definition) is 2. The summed E-state index contributed by atoms with van der Waals surface area (Å²) in [6, 6.07) is 13.0. The Morgan fingerprint density at radius 2 is 1.97 bits per heavy atom. The normalized spacial score (nSPS) is 12.2. The quantitative estimate of drug-likeness (QED) is 0.442. The molecule has 0 saturated carbocycles. The second-order valence-corrected chi connectivity index (χ2v) is 8.24. The first-order valence-electron chi connectivity index (χ1n) is 10.00. The van der Waals surface area contributed by atoms with Crippen molar-refractivity contribution < 1.29 is 9.59 Å². The van der Waals surface area contributed by atoms with Crippen molar-refractivity contribution >= 4 is 45.8 Å². The minimum Gasteiger partial charge on any atom is -0.344 e. The van der Waals surface area contributed by atoms with Crippen molar-refractivity contribution in [3.8, 4) is 0 Å². The molecule has 1 unspecified atom stereocenters. The fourth-order valence-electron chi connectivity index (χ4n) is 3.65. The van der Waals surface area contributed by atoms with Crippen LogP contribution in [-0.4, -0.2) is 43.0 Å². The van der Waals surface area contributed by atoms with Crippen LogP contribution in [0.25, 0.3) is 16.6 Å². The van der Waals surface area contributed by atoms with Gasteiger partial charge >= 0.3 is 0 Å². The molecule has 160 valence electrons. The Morgan fingerprint density at radius 1 is 1.10 bits per heavy atom. The molecule has 0 radical (unpaired) electrons. The Morgan fingerprint density at radius 3 is 2.77 bits per heavy atom. The van der Waals surface area contributed by atoms with Crippen molar-refractivity contribution in [3.63, 3.8) is 0 Å². The Labute approximate surface area is 184 Å². The molecule has 1 atom stereocenters. The van der Waals surface area contributed by atoms with Crippen molar-refractivity contribution in [2.75, 3.05) is 17.3 Å². The second kappa shape index (κ2) is 9.22. The number of carbonyl (C=O) groups excluding carboxylic acids is 2. The molecular formula is C22H24N6O2S. The number of carbonyl (C=O) groups is 2. The van der Waals surface area contributed by atoms with Crippen LogP contribution in [0.1, 0.15) is 25.2 Å². The smallest absolute Gasteiger partial charge is 0.240 e. The van der Waals surface area contributed by atoms with Gasteiger partial charge in [-0.3, -0.25) is 14.0 Å². The number of pyridine rings is 1. The number of benzene rings is 1. The zero-order valence-electron chi connectivity index (χ0n) is 17.4. The Kier molecular flexibility index (Phi) is 6.22. The van der Waals surface area contributed by atoms with Crippen LogP contribution in [0.2, 0.25) is 0 Å². The lowest BCUT2D eigenvalue weighted by molar-refractivity contribution is -0.122. The number of rotatable bonds is 8. The van der Waals surface area contributed by atoms with Crippen molar-refractivity contribution in [1.29, 1.82) is 0 Å². The van der Waals surface area contributed by atoms with Gasteiger partial charge in [-0.25, -0.2) is 0 Å². The third kappa shape index (κ3) is 4.56. The first-order valence-corrected chi connectivity index (χ1v) is 11.4. The maximum atomic E-state index is 13.0. The summed E-state index contributed by atoms with van der Waals surface area (Å²) in [7, 11) is 0. The van der Waals surface area contributed by atoms with Crippen molar-refractivity contribution in [1.82, 2.24) is 24.5 Å². The van der Waals surface area contributed by atoms with Crippen molar-refractivity contribution in [3.05, 3.63) is 60.7 Å². The summed E-state index contributed by atoms with van der Waals surface area (Å²) >= 11 is 1.72. The van der Waals surface area contributed by atoms with Crippen LogP contribution >= 0.6 is 11.8 Å². The highest BCUT2D eigenvalue weighted by molar-refractivity contribution is 7.98. The van der Waals surface area contributed by atoms with Crippen LogP contribution < -0.4 is 10.6 Å². The highest BCUT2D eigenvalue weighted by atomic mass is 32.2. The number of amides is 2. The highest BCUT2D eigenvalue weighted by Gasteiger charge is 2.20. The SMILES string of the molecule is CSCCC(NC(=O)Cn1ccc2c(NC(C)=O)cccc21)c1nnc2ccccn12. The van der Waals surface area contributed by atoms with E-state index >= 15 is 0 Å². The summed E-state index contributed by atoms with van der Waals surface area (Å²) in [5, 5.41) is 15.4. The van der Waals surface area contributed by atoms with Gasteiger partial charge in [-0.05, 0) is 48.8 Å². The van der Waals surface area contributed by atoms with Crippen LogP contribution in [0.5, 0.6) is 0 Å². The summed E-state index contributed by atoms with van der Waals surface area (Å²) in [6.07, 6.45) is 6.56. The monoisotopic (exact) mass is 436 g/mol. The van der Waals surface area contributed by atoms with Gasteiger partial charge in [0.2, 0.25) is 11.8 Å². The summed E-state index contributed by atoms with van der Waals surface area (Å²) in [5.74, 6) is 1.37. The van der Waals surface area contributed by atoms with E-state index in [4.69, 9.17) is 0 Å². The van der Waals surface area contributed by atoms with E-state index in [9.17, 15) is 9.59 Å². The molecule has 0 saturated heterocycles. The largest absolute Gasteiger partial charge is 0.344 e. The van der Waals surface area contributed by atoms with E-state index in [1.165, 1.54) is 6.92 Å². The molecule has 1 aromatic carbocycles. The minimum absolute atomic E-state index is 0.110. The molecule has 0 fully saturated rings. The molecule has 9 heteroatoms. The molecule has 4 aromatic rings. The standard InChI is InChI=1S/C22H24N6O2S/c1-15(29)23-17-6-5-7-19-16(17)9-12-27(19)14-21(30)24-18(10-13-31-2)22-26-25-20-8-3-4-11-28(20)22/h3-9,11-12,18H,10,13-14H2,1-2H3,(H,23,29)(H,24,30). The van der Waals surface area contributed by atoms with Crippen molar-refractivity contribution in [2.45, 2.75) is 25.9 Å². The first kappa shape index (κ1) is 20.9. The van der Waals surface area contributed by atoms with Crippen LogP contribution in [0, 0.1) is 0 Å². The van der Waals surface area contributed by atoms with Gasteiger partial charge in [0, 0.05) is 24.7 Å². The summed E-state index contributed by atoms with van der Waals surface area (Å²) < 4.78 is 3.79. The van der Waals surface area contributed by atoms with Gasteiger partial charge in [0.15, 0.2) is 11.5 Å². The molecule has 3 heterocycles. The van der Waals surface area contributed by atoms with Gasteiger partial charge in [-0.15, -0.1) is 10.2 Å². The Balaban J connectivity index is 1.55. The van der Waals surface area contributed by atoms with E-state index in [-0.39, 0.29) is 24.4 Å². The number of aromatic nitrogens is 4. The average molecular weight is 437 g/mol. The van der Waals surface area contributed by atoms with Crippen LogP contribution in [-0.2, 0) is 16.1 Å². The molecule has 0 aliphatic carbocycles. The van der Waals surface area contributed by atoms with Gasteiger partial charge in [0.1, 0.15) is 6.54 Å². The van der Waals surface area contributed by atoms with E-state index in [1.54, 1.807) is 11.8 Å². The fourth-order valence-corrected chi connectivity index (χ4v) is 4.13. The number of nitrogens with zero attached hydrogens (tertiary/aromatic N) is 4. The molecule has 3 aromatic heterocycles. The first-order chi connectivity index (χ1) is 15.1. The van der Waals surface area contributed by atoms with Crippen LogP contribution in [0.3, 0.4) is 0 Å². The molecule has 2 N–H and O–H groups in total. The zero-order chi connectivity index (χ0) is 21.8. The minimum atomic E-state index is -0.242. The predicted molar refractivity (Wildman–Crippen MR) is 123 cm³/mol. The maximum Gasteiger partial charge on any atom is 0.240 e. The molecule has 0 aliphatic rings. The molecule has 2 amide bonds. The Hall–Kier alpha value is -3.33. The van der Waals surface area contributed by atoms with Gasteiger partial charge in [-0.2, -0.15) is 11.8 Å². The predicted octanol–water partition coefficient (Wildman–Crippen LogP) is 3.25. The number of hydrogen-bond acceptors (Lipinski definition) is 5. The lowest BCUT2D eigenvalue weighted by Crippen LogP contribution is -2.33. The number of nitrogens with one attached hydrogen (secondary N) is 2. The lowest BCUT2D eigenvalue weighted by Gasteiger charge is -2.17. The molecule has 8 nitrogen and oxygen atoms in total. The zero-order valence-corrected chi connectivity index (χ0v) is 18.2. The summed E-state index contributed by atoms with van der Waals surface area (Å²) in [5.41, 5.74) is 2.37. The lowest BCUT2D eigenvalue weighted by atomic mass is 10.2. The summed E-state index contributed by atoms with van der Waals surface area (Å²) in [6.45, 7) is 1.64. The van der Waals surface area contributed by atoms with Gasteiger partial charge in [0.25, 0.3) is 0 Å². The van der Waals surface area contributed by atoms with E-state index in [1.807, 2.05) is 70.1 Å². The van der Waals surface area contributed by atoms with E-state index in [2.05, 4.69) is 20.8 Å². The second-order valence-electron chi connectivity index (χ2n) is 7.25. The maximum absolute atomic E-state index is 13.0. The van der Waals surface area contributed by atoms with Crippen LogP contribution in [0.4, 0.5) is 5.69 Å². The number of anilines is 1. The topological polar surface area (TPSA) is 93.3 Å². The number of fused-ring (bicyclic) bond motifs is 2. The molecule has 4 rings (SSSR count). The molecule has 0 aliphatic heterocycles. The third-order valence-electron chi connectivity index (χ3n) is 5.04. The van der Waals surface area contributed by atoms with Crippen molar-refractivity contribution in [2.24, 2.45) is 0 Å². The third-order valence-corrected chi connectivity index (χ3v) is 5.68. The average Bonchev–Trinajstić information content (AvgIpc) is 3.36. The Bertz CT molecular complexity index is 1230.